The molecule has 0 aliphatic heterocycles. The molecular weight excluding hydrogens is 412 g/mol. The van der Waals surface area contributed by atoms with Crippen LogP contribution in [-0.2, 0) is 9.59 Å². The van der Waals surface area contributed by atoms with Crippen LogP contribution in [0.5, 0.6) is 0 Å². The van der Waals surface area contributed by atoms with E-state index in [1.54, 1.807) is 0 Å². The Kier molecular flexibility index (Phi) is 6.98. The number of hydrogen-bond acceptors (Lipinski definition) is 4. The highest BCUT2D eigenvalue weighted by Gasteiger charge is 2.60. The highest BCUT2D eigenvalue weighted by Crippen LogP contribution is 2.64. The van der Waals surface area contributed by atoms with Gasteiger partial charge >= 0.3 is 0 Å². The maximum absolute atomic E-state index is 13.4. The summed E-state index contributed by atoms with van der Waals surface area (Å²) in [5.74, 6) is 2.22. The van der Waals surface area contributed by atoms with Gasteiger partial charge in [0.1, 0.15) is 13.2 Å². The number of carbonyl (C=O) groups excluding carboxylic acids is 2. The molecule has 10 unspecified atom stereocenters. The van der Waals surface area contributed by atoms with Gasteiger partial charge in [-0.2, -0.15) is 0 Å². The van der Waals surface area contributed by atoms with E-state index in [1.807, 2.05) is 24.3 Å². The van der Waals surface area contributed by atoms with Crippen molar-refractivity contribution in [3.05, 3.63) is 50.6 Å². The molecule has 0 amide bonds. The lowest BCUT2D eigenvalue weighted by atomic mass is 9.66. The van der Waals surface area contributed by atoms with Crippen LogP contribution in [0.3, 0.4) is 0 Å². The molecule has 4 heteroatoms. The SMILES string of the molecule is C=CC1CC(C=C)C2CC(CC3C(C(=O)CO)CC4C(C=C)CC(C=C)C43)(C(=O)CO)CC12. The number of hydrogen-bond donors (Lipinski definition) is 2. The number of Topliss-reactive ketones (excluding diaryl/α,β-unsaturated/α-hetero) is 2. The summed E-state index contributed by atoms with van der Waals surface area (Å²) in [6, 6.07) is 0. The molecule has 4 nitrogen and oxygen atoms in total. The molecule has 2 N–H and O–H groups in total. The minimum atomic E-state index is -0.626. The number of fused-ring (bicyclic) bond motifs is 2. The fourth-order valence-corrected chi connectivity index (χ4v) is 8.80. The zero-order chi connectivity index (χ0) is 23.9. The highest BCUT2D eigenvalue weighted by molar-refractivity contribution is 5.87. The molecule has 0 spiro atoms. The Labute approximate surface area is 198 Å². The van der Waals surface area contributed by atoms with Gasteiger partial charge in [0.2, 0.25) is 0 Å². The van der Waals surface area contributed by atoms with Gasteiger partial charge in [0.05, 0.1) is 0 Å². The van der Waals surface area contributed by atoms with Crippen molar-refractivity contribution in [2.45, 2.75) is 38.5 Å². The van der Waals surface area contributed by atoms with Crippen molar-refractivity contribution in [1.82, 2.24) is 0 Å². The average Bonchev–Trinajstić information content (AvgIpc) is 3.56. The summed E-state index contributed by atoms with van der Waals surface area (Å²) in [6.45, 7) is 15.3. The molecule has 0 aromatic heterocycles. The predicted octanol–water partition coefficient (Wildman–Crippen LogP) is 4.40. The summed E-state index contributed by atoms with van der Waals surface area (Å²) in [7, 11) is 0. The minimum Gasteiger partial charge on any atom is -0.389 e. The Balaban J connectivity index is 1.70. The van der Waals surface area contributed by atoms with Gasteiger partial charge in [-0.1, -0.05) is 24.3 Å². The van der Waals surface area contributed by atoms with Crippen LogP contribution in [0.4, 0.5) is 0 Å². The van der Waals surface area contributed by atoms with Crippen LogP contribution < -0.4 is 0 Å². The molecular formula is C29H40O4. The van der Waals surface area contributed by atoms with Gasteiger partial charge in [-0.05, 0) is 91.8 Å². The van der Waals surface area contributed by atoms with Gasteiger partial charge in [-0.3, -0.25) is 9.59 Å². The number of rotatable bonds is 10. The number of ketones is 2. The average molecular weight is 453 g/mol. The zero-order valence-electron chi connectivity index (χ0n) is 19.8. The van der Waals surface area contributed by atoms with Gasteiger partial charge < -0.3 is 10.2 Å². The van der Waals surface area contributed by atoms with Gasteiger partial charge in [0.15, 0.2) is 11.6 Å². The third-order valence-corrected chi connectivity index (χ3v) is 10.2. The maximum atomic E-state index is 13.4. The molecule has 0 heterocycles. The summed E-state index contributed by atoms with van der Waals surface area (Å²) in [6.07, 6.45) is 13.0. The number of allylic oxidation sites excluding steroid dienone is 4. The maximum Gasteiger partial charge on any atom is 0.164 e. The normalized spacial score (nSPS) is 45.9. The van der Waals surface area contributed by atoms with E-state index in [4.69, 9.17) is 0 Å². The minimum absolute atomic E-state index is 0.0151. The van der Waals surface area contributed by atoms with Gasteiger partial charge in [-0.15, -0.1) is 26.3 Å². The van der Waals surface area contributed by atoms with Crippen molar-refractivity contribution in [2.24, 2.45) is 64.6 Å². The van der Waals surface area contributed by atoms with Crippen LogP contribution >= 0.6 is 0 Å². The Bertz CT molecular complexity index is 805. The molecule has 4 rings (SSSR count). The van der Waals surface area contributed by atoms with Crippen molar-refractivity contribution in [3.63, 3.8) is 0 Å². The Hall–Kier alpha value is -1.78. The van der Waals surface area contributed by atoms with E-state index in [9.17, 15) is 19.8 Å². The van der Waals surface area contributed by atoms with E-state index >= 15 is 0 Å². The summed E-state index contributed by atoms with van der Waals surface area (Å²) in [5.41, 5.74) is -0.626. The first kappa shape index (κ1) is 24.3. The fraction of sp³-hybridized carbons (Fsp3) is 0.655. The van der Waals surface area contributed by atoms with Crippen LogP contribution in [0.15, 0.2) is 50.6 Å². The van der Waals surface area contributed by atoms with Crippen LogP contribution in [0.1, 0.15) is 38.5 Å². The van der Waals surface area contributed by atoms with Gasteiger partial charge in [-0.25, -0.2) is 0 Å². The Morgan fingerprint density at radius 1 is 0.758 bits per heavy atom. The quantitative estimate of drug-likeness (QED) is 0.482. The van der Waals surface area contributed by atoms with Crippen LogP contribution in [0.2, 0.25) is 0 Å². The first-order chi connectivity index (χ1) is 15.9. The van der Waals surface area contributed by atoms with Gasteiger partial charge in [0, 0.05) is 11.3 Å². The standard InChI is InChI=1S/C29H40O4/c1-5-17-10-20(8-4)28-21(17)11-22(26(32)15-30)25(28)14-29(27(33)16-31)12-23-18(6-2)9-19(7-3)24(23)13-29/h5-8,17-25,28,30-31H,1-4,9-16H2. The Morgan fingerprint density at radius 3 is 1.76 bits per heavy atom. The first-order valence-electron chi connectivity index (χ1n) is 12.7. The largest absolute Gasteiger partial charge is 0.389 e. The number of carbonyl (C=O) groups is 2. The number of aliphatic hydroxyl groups excluding tert-OH is 2. The molecule has 4 aliphatic carbocycles. The third-order valence-electron chi connectivity index (χ3n) is 10.2. The summed E-state index contributed by atoms with van der Waals surface area (Å²) >= 11 is 0. The van der Waals surface area contributed by atoms with Crippen LogP contribution in [0, 0.1) is 64.6 Å². The molecule has 0 aromatic rings. The Morgan fingerprint density at radius 2 is 1.27 bits per heavy atom. The molecule has 0 bridgehead atoms. The van der Waals surface area contributed by atoms with Crippen molar-refractivity contribution >= 4 is 11.6 Å². The molecule has 0 aromatic carbocycles. The monoisotopic (exact) mass is 452 g/mol. The molecule has 10 atom stereocenters. The van der Waals surface area contributed by atoms with E-state index in [1.165, 1.54) is 0 Å². The van der Waals surface area contributed by atoms with E-state index in [-0.39, 0.29) is 35.2 Å². The highest BCUT2D eigenvalue weighted by atomic mass is 16.3. The molecule has 33 heavy (non-hydrogen) atoms. The second kappa shape index (κ2) is 9.46. The first-order valence-corrected chi connectivity index (χ1v) is 12.7. The zero-order valence-corrected chi connectivity index (χ0v) is 19.8. The molecule has 4 saturated carbocycles. The predicted molar refractivity (Wildman–Crippen MR) is 130 cm³/mol. The van der Waals surface area contributed by atoms with Crippen molar-refractivity contribution in [2.75, 3.05) is 13.2 Å². The summed E-state index contributed by atoms with van der Waals surface area (Å²) in [4.78, 5) is 26.3. The number of aliphatic hydroxyl groups is 2. The summed E-state index contributed by atoms with van der Waals surface area (Å²) < 4.78 is 0. The van der Waals surface area contributed by atoms with Gasteiger partial charge in [0.25, 0.3) is 0 Å². The topological polar surface area (TPSA) is 74.6 Å². The lowest BCUT2D eigenvalue weighted by molar-refractivity contribution is -0.135. The lowest BCUT2D eigenvalue weighted by Gasteiger charge is -2.37. The van der Waals surface area contributed by atoms with E-state index < -0.39 is 18.6 Å². The van der Waals surface area contributed by atoms with E-state index in [0.717, 1.165) is 32.1 Å². The smallest absolute Gasteiger partial charge is 0.164 e. The molecule has 0 saturated heterocycles. The van der Waals surface area contributed by atoms with E-state index in [2.05, 4.69) is 26.3 Å². The van der Waals surface area contributed by atoms with Crippen molar-refractivity contribution < 1.29 is 19.8 Å². The van der Waals surface area contributed by atoms with E-state index in [0.29, 0.717) is 41.9 Å². The molecule has 0 radical (unpaired) electrons. The molecule has 4 fully saturated rings. The summed E-state index contributed by atoms with van der Waals surface area (Å²) in [5, 5.41) is 19.8. The second-order valence-electron chi connectivity index (χ2n) is 11.2. The molecule has 4 aliphatic rings. The molecule has 180 valence electrons. The fourth-order valence-electron chi connectivity index (χ4n) is 8.80. The second-order valence-corrected chi connectivity index (χ2v) is 11.2. The van der Waals surface area contributed by atoms with Crippen molar-refractivity contribution in [3.8, 4) is 0 Å². The van der Waals surface area contributed by atoms with Crippen LogP contribution in [-0.4, -0.2) is 35.0 Å². The van der Waals surface area contributed by atoms with Crippen molar-refractivity contribution in [1.29, 1.82) is 0 Å². The third kappa shape index (κ3) is 3.83. The lowest BCUT2D eigenvalue weighted by Crippen LogP contribution is -2.38. The van der Waals surface area contributed by atoms with Crippen LogP contribution in [0.25, 0.3) is 0 Å².